The second-order valence-electron chi connectivity index (χ2n) is 4.17. The van der Waals surface area contributed by atoms with Crippen LogP contribution in [0.4, 0.5) is 0 Å². The summed E-state index contributed by atoms with van der Waals surface area (Å²) in [6, 6.07) is 2.37. The van der Waals surface area contributed by atoms with Crippen LogP contribution >= 0.6 is 0 Å². The fourth-order valence-electron chi connectivity index (χ4n) is 1.72. The van der Waals surface area contributed by atoms with Crippen LogP contribution in [-0.2, 0) is 4.79 Å². The smallest absolute Gasteiger partial charge is 0.326 e. The minimum Gasteiger partial charge on any atom is -0.480 e. The molecule has 2 N–H and O–H groups in total. The van der Waals surface area contributed by atoms with Gasteiger partial charge in [0.25, 0.3) is 5.91 Å². The first-order valence-electron chi connectivity index (χ1n) is 5.88. The van der Waals surface area contributed by atoms with E-state index in [0.717, 1.165) is 0 Å². The third-order valence-electron chi connectivity index (χ3n) is 2.85. The van der Waals surface area contributed by atoms with Gasteiger partial charge in [-0.25, -0.2) is 4.79 Å². The molecule has 0 radical (unpaired) electrons. The van der Waals surface area contributed by atoms with Crippen molar-refractivity contribution in [3.8, 4) is 0 Å². The van der Waals surface area contributed by atoms with Gasteiger partial charge >= 0.3 is 5.97 Å². The summed E-state index contributed by atoms with van der Waals surface area (Å²) >= 11 is 0. The molecule has 0 fully saturated rings. The summed E-state index contributed by atoms with van der Waals surface area (Å²) in [5, 5.41) is 19.2. The van der Waals surface area contributed by atoms with Crippen LogP contribution in [0.1, 0.15) is 29.5 Å². The highest BCUT2D eigenvalue weighted by Gasteiger charge is 2.18. The zero-order chi connectivity index (χ0) is 14.0. The molecule has 7 nitrogen and oxygen atoms in total. The van der Waals surface area contributed by atoms with E-state index in [9.17, 15) is 9.59 Å². The second kappa shape index (κ2) is 5.05. The molecule has 7 heteroatoms. The number of aliphatic carboxylic acids is 1. The van der Waals surface area contributed by atoms with Crippen LogP contribution in [0.5, 0.6) is 0 Å². The van der Waals surface area contributed by atoms with E-state index in [-0.39, 0.29) is 0 Å². The van der Waals surface area contributed by atoms with E-state index in [0.29, 0.717) is 23.5 Å². The molecule has 1 unspecified atom stereocenters. The molecule has 0 bridgehead atoms. The first-order valence-corrected chi connectivity index (χ1v) is 5.88. The highest BCUT2D eigenvalue weighted by atomic mass is 16.4. The van der Waals surface area contributed by atoms with Crippen LogP contribution in [0.3, 0.4) is 0 Å². The van der Waals surface area contributed by atoms with Crippen LogP contribution in [0.2, 0.25) is 0 Å². The van der Waals surface area contributed by atoms with Crippen LogP contribution in [0.25, 0.3) is 5.65 Å². The van der Waals surface area contributed by atoms with Gasteiger partial charge in [-0.3, -0.25) is 9.20 Å². The number of aryl methyl sites for hydroxylation is 1. The largest absolute Gasteiger partial charge is 0.480 e. The fourth-order valence-corrected chi connectivity index (χ4v) is 1.72. The van der Waals surface area contributed by atoms with E-state index in [4.69, 9.17) is 5.11 Å². The van der Waals surface area contributed by atoms with E-state index in [1.807, 2.05) is 0 Å². The highest BCUT2D eigenvalue weighted by Crippen LogP contribution is 2.07. The zero-order valence-electron chi connectivity index (χ0n) is 10.6. The van der Waals surface area contributed by atoms with Gasteiger partial charge in [0.2, 0.25) is 0 Å². The number of rotatable bonds is 4. The van der Waals surface area contributed by atoms with Crippen molar-refractivity contribution in [1.29, 1.82) is 0 Å². The van der Waals surface area contributed by atoms with Gasteiger partial charge in [0, 0.05) is 6.20 Å². The number of nitrogens with zero attached hydrogens (tertiary/aromatic N) is 3. The van der Waals surface area contributed by atoms with Crippen molar-refractivity contribution in [2.75, 3.05) is 0 Å². The number of hydrogen-bond donors (Lipinski definition) is 2. The second-order valence-corrected chi connectivity index (χ2v) is 4.17. The average molecular weight is 262 g/mol. The molecule has 2 aromatic rings. The lowest BCUT2D eigenvalue weighted by atomic mass is 10.2. The van der Waals surface area contributed by atoms with Crippen molar-refractivity contribution >= 4 is 17.5 Å². The first-order chi connectivity index (χ1) is 9.02. The van der Waals surface area contributed by atoms with Gasteiger partial charge in [-0.2, -0.15) is 0 Å². The normalized spacial score (nSPS) is 12.3. The third-order valence-corrected chi connectivity index (χ3v) is 2.85. The topological polar surface area (TPSA) is 96.6 Å². The molecule has 0 spiro atoms. The van der Waals surface area contributed by atoms with Crippen molar-refractivity contribution in [3.05, 3.63) is 29.7 Å². The Kier molecular flexibility index (Phi) is 3.46. The number of carboxylic acids is 1. The van der Waals surface area contributed by atoms with Crippen LogP contribution in [0, 0.1) is 6.92 Å². The van der Waals surface area contributed by atoms with Gasteiger partial charge in [-0.05, 0) is 25.5 Å². The van der Waals surface area contributed by atoms with Gasteiger partial charge in [0.05, 0.1) is 5.56 Å². The minimum absolute atomic E-state index is 0.328. The van der Waals surface area contributed by atoms with E-state index in [1.54, 1.807) is 36.6 Å². The molecule has 1 atom stereocenters. The van der Waals surface area contributed by atoms with Crippen LogP contribution < -0.4 is 5.32 Å². The third kappa shape index (κ3) is 2.54. The van der Waals surface area contributed by atoms with Crippen LogP contribution in [0.15, 0.2) is 18.3 Å². The van der Waals surface area contributed by atoms with Gasteiger partial charge in [0.1, 0.15) is 11.9 Å². The molecule has 0 aliphatic rings. The van der Waals surface area contributed by atoms with E-state index >= 15 is 0 Å². The van der Waals surface area contributed by atoms with Gasteiger partial charge < -0.3 is 10.4 Å². The zero-order valence-corrected chi connectivity index (χ0v) is 10.6. The SMILES string of the molecule is CCC(NC(=O)c1ccc2nnc(C)n2c1)C(=O)O. The number of hydrogen-bond acceptors (Lipinski definition) is 4. The van der Waals surface area contributed by atoms with Gasteiger partial charge in [-0.15, -0.1) is 10.2 Å². The summed E-state index contributed by atoms with van der Waals surface area (Å²) in [7, 11) is 0. The molecule has 1 amide bonds. The Bertz CT molecular complexity index is 635. The van der Waals surface area contributed by atoms with E-state index < -0.39 is 17.9 Å². The maximum Gasteiger partial charge on any atom is 0.326 e. The van der Waals surface area contributed by atoms with Crippen molar-refractivity contribution in [3.63, 3.8) is 0 Å². The molecule has 0 aromatic carbocycles. The maximum atomic E-state index is 12.0. The van der Waals surface area contributed by atoms with Crippen molar-refractivity contribution in [2.24, 2.45) is 0 Å². The summed E-state index contributed by atoms with van der Waals surface area (Å²) < 4.78 is 1.68. The molecule has 2 rings (SSSR count). The van der Waals surface area contributed by atoms with Crippen molar-refractivity contribution in [1.82, 2.24) is 19.9 Å². The summed E-state index contributed by atoms with van der Waals surface area (Å²) in [4.78, 5) is 22.8. The van der Waals surface area contributed by atoms with Crippen molar-refractivity contribution in [2.45, 2.75) is 26.3 Å². The number of nitrogens with one attached hydrogen (secondary N) is 1. The molecular weight excluding hydrogens is 248 g/mol. The molecule has 0 saturated carbocycles. The number of carboxylic acid groups (broad SMARTS) is 1. The molecule has 0 saturated heterocycles. The Morgan fingerprint density at radius 3 is 2.79 bits per heavy atom. The maximum absolute atomic E-state index is 12.0. The number of pyridine rings is 1. The number of fused-ring (bicyclic) bond motifs is 1. The summed E-state index contributed by atoms with van der Waals surface area (Å²) in [5.74, 6) is -0.809. The number of carbonyl (C=O) groups is 2. The molecule has 2 heterocycles. The van der Waals surface area contributed by atoms with Crippen LogP contribution in [-0.4, -0.2) is 37.6 Å². The predicted molar refractivity (Wildman–Crippen MR) is 66.9 cm³/mol. The average Bonchev–Trinajstić information content (AvgIpc) is 2.76. The number of carbonyl (C=O) groups excluding carboxylic acids is 1. The molecule has 100 valence electrons. The number of amides is 1. The predicted octanol–water partition coefficient (Wildman–Crippen LogP) is 0.631. The monoisotopic (exact) mass is 262 g/mol. The van der Waals surface area contributed by atoms with E-state index in [1.165, 1.54) is 0 Å². The molecule has 19 heavy (non-hydrogen) atoms. The first kappa shape index (κ1) is 13.0. The Labute approximate surface area is 109 Å². The standard InChI is InChI=1S/C12H14N4O3/c1-3-9(12(18)19)13-11(17)8-4-5-10-15-14-7(2)16(10)6-8/h4-6,9H,3H2,1-2H3,(H,13,17)(H,18,19). The molecule has 0 aliphatic carbocycles. The minimum atomic E-state index is -1.04. The van der Waals surface area contributed by atoms with Crippen molar-refractivity contribution < 1.29 is 14.7 Å². The Hall–Kier alpha value is -2.44. The summed E-state index contributed by atoms with van der Waals surface area (Å²) in [6.07, 6.45) is 1.92. The lowest BCUT2D eigenvalue weighted by molar-refractivity contribution is -0.139. The Morgan fingerprint density at radius 2 is 2.16 bits per heavy atom. The lowest BCUT2D eigenvalue weighted by Crippen LogP contribution is -2.40. The van der Waals surface area contributed by atoms with E-state index in [2.05, 4.69) is 15.5 Å². The molecular formula is C12H14N4O3. The highest BCUT2D eigenvalue weighted by molar-refractivity contribution is 5.96. The summed E-state index contributed by atoms with van der Waals surface area (Å²) in [6.45, 7) is 3.47. The molecule has 0 aliphatic heterocycles. The Morgan fingerprint density at radius 1 is 1.42 bits per heavy atom. The van der Waals surface area contributed by atoms with Gasteiger partial charge in [0.15, 0.2) is 5.65 Å². The quantitative estimate of drug-likeness (QED) is 0.842. The number of aromatic nitrogens is 3. The lowest BCUT2D eigenvalue weighted by Gasteiger charge is -2.12. The Balaban J connectivity index is 2.26. The summed E-state index contributed by atoms with van der Waals surface area (Å²) in [5.41, 5.74) is 1.01. The molecule has 2 aromatic heterocycles. The van der Waals surface area contributed by atoms with Gasteiger partial charge in [-0.1, -0.05) is 6.92 Å². The fraction of sp³-hybridized carbons (Fsp3) is 0.333.